The maximum absolute atomic E-state index is 12.2. The Kier molecular flexibility index (Phi) is 8.13. The highest BCUT2D eigenvalue weighted by atomic mass is 16.1. The molecule has 154 valence electrons. The Morgan fingerprint density at radius 1 is 1.28 bits per heavy atom. The number of anilines is 1. The molecular weight excluding hydrogens is 362 g/mol. The van der Waals surface area contributed by atoms with Crippen LogP contribution in [0.2, 0.25) is 0 Å². The fourth-order valence-corrected chi connectivity index (χ4v) is 3.17. The second-order valence-corrected chi connectivity index (χ2v) is 7.29. The van der Waals surface area contributed by atoms with Crippen molar-refractivity contribution in [3.63, 3.8) is 0 Å². The number of aryl methyl sites for hydroxylation is 1. The number of aromatic nitrogens is 1. The molecule has 1 aliphatic rings. The fourth-order valence-electron chi connectivity index (χ4n) is 3.17. The molecule has 5 nitrogen and oxygen atoms in total. The summed E-state index contributed by atoms with van der Waals surface area (Å²) in [6.45, 7) is 9.61. The van der Waals surface area contributed by atoms with Gasteiger partial charge in [0.15, 0.2) is 5.78 Å². The van der Waals surface area contributed by atoms with Crippen LogP contribution < -0.4 is 10.6 Å². The molecule has 1 amide bonds. The quantitative estimate of drug-likeness (QED) is 0.618. The molecule has 2 rings (SSSR count). The molecule has 0 saturated carbocycles. The van der Waals surface area contributed by atoms with Crippen molar-refractivity contribution in [2.45, 2.75) is 59.9 Å². The van der Waals surface area contributed by atoms with E-state index in [0.717, 1.165) is 40.7 Å². The average Bonchev–Trinajstić information content (AvgIpc) is 2.66. The molecule has 2 heterocycles. The summed E-state index contributed by atoms with van der Waals surface area (Å²) < 4.78 is 0. The Morgan fingerprint density at radius 3 is 2.62 bits per heavy atom. The van der Waals surface area contributed by atoms with Crippen LogP contribution in [0, 0.1) is 6.92 Å². The van der Waals surface area contributed by atoms with E-state index in [1.807, 2.05) is 39.1 Å². The lowest BCUT2D eigenvalue weighted by Crippen LogP contribution is -2.34. The minimum Gasteiger partial charge on any atom is -0.378 e. The van der Waals surface area contributed by atoms with Crippen LogP contribution >= 0.6 is 0 Å². The van der Waals surface area contributed by atoms with Gasteiger partial charge < -0.3 is 10.6 Å². The number of nitrogens with zero attached hydrogens (tertiary/aromatic N) is 1. The Morgan fingerprint density at radius 2 is 2.03 bits per heavy atom. The molecule has 0 spiro atoms. The third kappa shape index (κ3) is 6.28. The topological polar surface area (TPSA) is 71.1 Å². The average molecular weight is 394 g/mol. The number of nitrogens with one attached hydrogen (secondary N) is 2. The van der Waals surface area contributed by atoms with Crippen LogP contribution in [0.25, 0.3) is 6.08 Å². The maximum Gasteiger partial charge on any atom is 0.222 e. The summed E-state index contributed by atoms with van der Waals surface area (Å²) in [7, 11) is 0. The predicted molar refractivity (Wildman–Crippen MR) is 119 cm³/mol. The van der Waals surface area contributed by atoms with Gasteiger partial charge in [0.1, 0.15) is 11.9 Å². The Hall–Kier alpha value is -2.95. The molecule has 0 bridgehead atoms. The number of dihydropyridines is 1. The molecule has 0 saturated heterocycles. The summed E-state index contributed by atoms with van der Waals surface area (Å²) in [5.41, 5.74) is 5.18. The zero-order chi connectivity index (χ0) is 21.4. The number of carbonyl (C=O) groups excluding carboxylic acids is 2. The van der Waals surface area contributed by atoms with Crippen molar-refractivity contribution in [1.82, 2.24) is 10.3 Å². The van der Waals surface area contributed by atoms with Crippen LogP contribution in [0.5, 0.6) is 0 Å². The molecule has 0 fully saturated rings. The van der Waals surface area contributed by atoms with E-state index < -0.39 is 0 Å². The van der Waals surface area contributed by atoms with Gasteiger partial charge in [0.25, 0.3) is 0 Å². The zero-order valence-corrected chi connectivity index (χ0v) is 18.0. The Labute approximate surface area is 173 Å². The van der Waals surface area contributed by atoms with E-state index in [9.17, 15) is 9.59 Å². The number of hydrogen-bond donors (Lipinski definition) is 2. The minimum atomic E-state index is -0.254. The van der Waals surface area contributed by atoms with Crippen molar-refractivity contribution < 1.29 is 9.59 Å². The van der Waals surface area contributed by atoms with Crippen molar-refractivity contribution in [1.29, 1.82) is 0 Å². The standard InChI is InChI=1S/C24H31N3O2/c1-6-8-10-19(13-20-14-26-24(12-16(20)3)27-18(5)28)21-15-25-22(11-17(21)4)23(29)9-7-2/h8,10-15,22,25H,6-7,9H2,1-5H3,(H,26,27,28)/b10-8+,19-13+. The minimum absolute atomic E-state index is 0.141. The zero-order valence-electron chi connectivity index (χ0n) is 18.0. The summed E-state index contributed by atoms with van der Waals surface area (Å²) >= 11 is 0. The molecular formula is C24H31N3O2. The first kappa shape index (κ1) is 22.3. The van der Waals surface area contributed by atoms with E-state index in [2.05, 4.69) is 40.8 Å². The first-order valence-electron chi connectivity index (χ1n) is 10.2. The van der Waals surface area contributed by atoms with Crippen LogP contribution in [0.1, 0.15) is 58.1 Å². The van der Waals surface area contributed by atoms with Gasteiger partial charge in [-0.2, -0.15) is 0 Å². The van der Waals surface area contributed by atoms with Gasteiger partial charge >= 0.3 is 0 Å². The van der Waals surface area contributed by atoms with Crippen molar-refractivity contribution >= 4 is 23.6 Å². The maximum atomic E-state index is 12.2. The van der Waals surface area contributed by atoms with Crippen LogP contribution in [-0.2, 0) is 9.59 Å². The fraction of sp³-hybridized carbons (Fsp3) is 0.375. The highest BCUT2D eigenvalue weighted by Crippen LogP contribution is 2.27. The predicted octanol–water partition coefficient (Wildman–Crippen LogP) is 4.87. The largest absolute Gasteiger partial charge is 0.378 e. The number of hydrogen-bond acceptors (Lipinski definition) is 4. The van der Waals surface area contributed by atoms with E-state index >= 15 is 0 Å². The second-order valence-electron chi connectivity index (χ2n) is 7.29. The smallest absolute Gasteiger partial charge is 0.222 e. The molecule has 1 unspecified atom stereocenters. The number of ketones is 1. The number of pyridine rings is 1. The third-order valence-electron chi connectivity index (χ3n) is 4.70. The van der Waals surface area contributed by atoms with Crippen molar-refractivity contribution in [2.75, 3.05) is 5.32 Å². The second kappa shape index (κ2) is 10.6. The molecule has 0 radical (unpaired) electrons. The van der Waals surface area contributed by atoms with E-state index in [1.165, 1.54) is 6.92 Å². The lowest BCUT2D eigenvalue weighted by molar-refractivity contribution is -0.120. The van der Waals surface area contributed by atoms with E-state index in [1.54, 1.807) is 6.20 Å². The van der Waals surface area contributed by atoms with Crippen LogP contribution in [0.3, 0.4) is 0 Å². The van der Waals surface area contributed by atoms with E-state index in [-0.39, 0.29) is 17.7 Å². The molecule has 1 aromatic heterocycles. The van der Waals surface area contributed by atoms with Crippen molar-refractivity contribution in [2.24, 2.45) is 0 Å². The van der Waals surface area contributed by atoms with Gasteiger partial charge in [-0.3, -0.25) is 9.59 Å². The number of allylic oxidation sites excluding steroid dienone is 5. The van der Waals surface area contributed by atoms with Gasteiger partial charge in [-0.15, -0.1) is 0 Å². The molecule has 5 heteroatoms. The third-order valence-corrected chi connectivity index (χ3v) is 4.70. The van der Waals surface area contributed by atoms with E-state index in [4.69, 9.17) is 0 Å². The number of Topliss-reactive ketones (excluding diaryl/α,β-unsaturated/α-hetero) is 1. The molecule has 1 aromatic rings. The summed E-state index contributed by atoms with van der Waals surface area (Å²) in [6.07, 6.45) is 14.4. The first-order valence-corrected chi connectivity index (χ1v) is 10.2. The lowest BCUT2D eigenvalue weighted by atomic mass is 9.91. The van der Waals surface area contributed by atoms with Crippen LogP contribution in [0.4, 0.5) is 5.82 Å². The van der Waals surface area contributed by atoms with Gasteiger partial charge in [-0.25, -0.2) is 4.98 Å². The lowest BCUT2D eigenvalue weighted by Gasteiger charge is -2.22. The van der Waals surface area contributed by atoms with Gasteiger partial charge in [0, 0.05) is 31.3 Å². The highest BCUT2D eigenvalue weighted by Gasteiger charge is 2.19. The van der Waals surface area contributed by atoms with Gasteiger partial charge in [0.2, 0.25) is 5.91 Å². The van der Waals surface area contributed by atoms with Gasteiger partial charge in [-0.1, -0.05) is 32.1 Å². The van der Waals surface area contributed by atoms with Gasteiger partial charge in [-0.05, 0) is 61.1 Å². The SMILES string of the molecule is CC/C=C/C(=C\c1cnc(NC(C)=O)cc1C)C1=CNC(C(=O)CCC)C=C1C. The molecule has 1 aliphatic heterocycles. The summed E-state index contributed by atoms with van der Waals surface area (Å²) in [5.74, 6) is 0.619. The Balaban J connectivity index is 2.35. The summed E-state index contributed by atoms with van der Waals surface area (Å²) in [5, 5.41) is 5.96. The normalized spacial score (nSPS) is 16.9. The molecule has 29 heavy (non-hydrogen) atoms. The Bertz CT molecular complexity index is 891. The van der Waals surface area contributed by atoms with Gasteiger partial charge in [0.05, 0.1) is 0 Å². The number of amides is 1. The molecule has 0 aliphatic carbocycles. The van der Waals surface area contributed by atoms with Crippen molar-refractivity contribution in [3.05, 3.63) is 64.5 Å². The summed E-state index contributed by atoms with van der Waals surface area (Å²) in [6, 6.07) is 1.61. The first-order chi connectivity index (χ1) is 13.8. The molecule has 2 N–H and O–H groups in total. The van der Waals surface area contributed by atoms with Crippen molar-refractivity contribution in [3.8, 4) is 0 Å². The monoisotopic (exact) mass is 393 g/mol. The highest BCUT2D eigenvalue weighted by molar-refractivity contribution is 5.88. The molecule has 1 atom stereocenters. The van der Waals surface area contributed by atoms with Crippen LogP contribution in [-0.4, -0.2) is 22.7 Å². The number of rotatable bonds is 8. The van der Waals surface area contributed by atoms with Crippen LogP contribution in [0.15, 0.2) is 53.4 Å². The van der Waals surface area contributed by atoms with E-state index in [0.29, 0.717) is 12.2 Å². The molecule has 0 aromatic carbocycles. The number of carbonyl (C=O) groups is 2. The summed E-state index contributed by atoms with van der Waals surface area (Å²) in [4.78, 5) is 27.8.